The zero-order valence-electron chi connectivity index (χ0n) is 4.72. The average Bonchev–Trinajstić information content (AvgIpc) is 0.811. The molecule has 0 aromatic rings. The van der Waals surface area contributed by atoms with Crippen molar-refractivity contribution in [1.29, 1.82) is 0 Å². The van der Waals surface area contributed by atoms with E-state index in [1.807, 2.05) is 0 Å². The maximum atomic E-state index is 8.33. The van der Waals surface area contributed by atoms with Gasteiger partial charge in [0.2, 0.25) is 0 Å². The fraction of sp³-hybridized carbons (Fsp3) is 0. The van der Waals surface area contributed by atoms with Gasteiger partial charge in [0.1, 0.15) is 0 Å². The van der Waals surface area contributed by atoms with Crippen molar-refractivity contribution in [3.63, 3.8) is 0 Å². The molecule has 7 heavy (non-hydrogen) atoms. The van der Waals surface area contributed by atoms with Crippen LogP contribution in [0.1, 0.15) is 0 Å². The predicted octanol–water partition coefficient (Wildman–Crippen LogP) is -8.82. The van der Waals surface area contributed by atoms with E-state index in [-0.39, 0.29) is 88.7 Å². The summed E-state index contributed by atoms with van der Waals surface area (Å²) in [6.07, 6.45) is -2.33. The van der Waals surface area contributed by atoms with E-state index < -0.39 is 6.16 Å². The van der Waals surface area contributed by atoms with Crippen LogP contribution in [0.4, 0.5) is 4.79 Å². The first kappa shape index (κ1) is 22.8. The van der Waals surface area contributed by atoms with Crippen LogP contribution in [0.3, 0.4) is 0 Å². The third-order valence-electron chi connectivity index (χ3n) is 0. The molecule has 0 amide bonds. The Bertz CT molecular complexity index is 33.2. The Labute approximate surface area is 108 Å². The third kappa shape index (κ3) is 63.1. The molecule has 0 unspecified atom stereocenters. The van der Waals surface area contributed by atoms with Crippen molar-refractivity contribution in [2.24, 2.45) is 0 Å². The van der Waals surface area contributed by atoms with Gasteiger partial charge in [-0.2, -0.15) is 0 Å². The summed E-state index contributed by atoms with van der Waals surface area (Å²) in [5, 5.41) is 16.7. The van der Waals surface area contributed by atoms with Gasteiger partial charge in [-0.3, -0.25) is 0 Å². The molecule has 1 radical (unpaired) electrons. The number of hydrogen-bond acceptors (Lipinski definition) is 3. The van der Waals surface area contributed by atoms with Gasteiger partial charge >= 0.3 is 59.1 Å². The predicted molar refractivity (Wildman–Crippen MR) is 11.1 cm³/mol. The molecule has 0 rings (SSSR count). The average molecular weight is 129 g/mol. The Morgan fingerprint density at radius 3 is 1.14 bits per heavy atom. The SMILES string of the molecule is O=C([O-])[O-].[Na+].[Na+].[Na]. The molecule has 0 aliphatic heterocycles. The van der Waals surface area contributed by atoms with Crippen LogP contribution in [0.5, 0.6) is 0 Å². The minimum Gasteiger partial charge on any atom is -0.652 e. The molecule has 0 aromatic heterocycles. The van der Waals surface area contributed by atoms with Crippen LogP contribution in [0.25, 0.3) is 0 Å². The summed E-state index contributed by atoms with van der Waals surface area (Å²) in [6.45, 7) is 0. The smallest absolute Gasteiger partial charge is 0.652 e. The van der Waals surface area contributed by atoms with E-state index in [0.717, 1.165) is 0 Å². The van der Waals surface area contributed by atoms with Gasteiger partial charge in [0.05, 0.1) is 0 Å². The maximum absolute atomic E-state index is 8.33. The summed E-state index contributed by atoms with van der Waals surface area (Å²) in [5.41, 5.74) is 0. The minimum absolute atomic E-state index is 0. The molecule has 25 valence electrons. The van der Waals surface area contributed by atoms with Gasteiger partial charge < -0.3 is 15.0 Å². The number of hydrogen-bond donors (Lipinski definition) is 0. The van der Waals surface area contributed by atoms with Crippen molar-refractivity contribution in [2.75, 3.05) is 0 Å². The Balaban J connectivity index is -0.0000000150. The minimum atomic E-state index is -2.33. The van der Waals surface area contributed by atoms with E-state index in [1.165, 1.54) is 0 Å². The van der Waals surface area contributed by atoms with Gasteiger partial charge in [-0.1, -0.05) is 0 Å². The Morgan fingerprint density at radius 1 is 1.14 bits per heavy atom. The Morgan fingerprint density at radius 2 is 1.14 bits per heavy atom. The van der Waals surface area contributed by atoms with Crippen LogP contribution in [0.15, 0.2) is 0 Å². The summed E-state index contributed by atoms with van der Waals surface area (Å²) in [5.74, 6) is 0. The van der Waals surface area contributed by atoms with Crippen molar-refractivity contribution in [3.05, 3.63) is 0 Å². The first-order chi connectivity index (χ1) is 1.73. The first-order valence-electron chi connectivity index (χ1n) is 0.612. The van der Waals surface area contributed by atoms with Crippen molar-refractivity contribution < 1.29 is 74.1 Å². The fourth-order valence-electron chi connectivity index (χ4n) is 0. The quantitative estimate of drug-likeness (QED) is 0.305. The molecular weight excluding hydrogens is 129 g/mol. The van der Waals surface area contributed by atoms with Crippen LogP contribution >= 0.6 is 0 Å². The molecule has 0 aliphatic carbocycles. The zero-order chi connectivity index (χ0) is 3.58. The summed E-state index contributed by atoms with van der Waals surface area (Å²) in [4.78, 5) is 8.33. The molecule has 0 N–H and O–H groups in total. The van der Waals surface area contributed by atoms with Crippen molar-refractivity contribution >= 4 is 35.7 Å². The Kier molecular flexibility index (Phi) is 51.3. The molecule has 0 fully saturated rings. The molecular formula is CNa3O3. The van der Waals surface area contributed by atoms with Crippen molar-refractivity contribution in [2.45, 2.75) is 0 Å². The van der Waals surface area contributed by atoms with Gasteiger partial charge in [-0.25, -0.2) is 0 Å². The maximum Gasteiger partial charge on any atom is 1.00 e. The van der Waals surface area contributed by atoms with E-state index in [0.29, 0.717) is 0 Å². The summed E-state index contributed by atoms with van der Waals surface area (Å²) in [6, 6.07) is 0. The molecule has 0 atom stereocenters. The fourth-order valence-corrected chi connectivity index (χ4v) is 0. The molecule has 0 heterocycles. The van der Waals surface area contributed by atoms with E-state index in [1.54, 1.807) is 0 Å². The van der Waals surface area contributed by atoms with Crippen molar-refractivity contribution in [1.82, 2.24) is 0 Å². The topological polar surface area (TPSA) is 63.2 Å². The van der Waals surface area contributed by atoms with Crippen LogP contribution in [-0.2, 0) is 0 Å². The molecule has 3 nitrogen and oxygen atoms in total. The standard InChI is InChI=1S/CH2O3.3Na/c2-1(3)4;;;/h(H2,2,3,4);;;/q;;2*+1/p-2. The second-order valence-electron chi connectivity index (χ2n) is 0.250. The van der Waals surface area contributed by atoms with Crippen LogP contribution < -0.4 is 69.3 Å². The second kappa shape index (κ2) is 15.7. The number of carbonyl (C=O) groups excluding carboxylic acids is 1. The van der Waals surface area contributed by atoms with E-state index in [9.17, 15) is 0 Å². The molecule has 0 bridgehead atoms. The van der Waals surface area contributed by atoms with Gasteiger partial charge in [0.15, 0.2) is 0 Å². The summed E-state index contributed by atoms with van der Waals surface area (Å²) < 4.78 is 0. The van der Waals surface area contributed by atoms with Crippen LogP contribution in [0.2, 0.25) is 0 Å². The third-order valence-corrected chi connectivity index (χ3v) is 0. The number of carboxylic acid groups (broad SMARTS) is 2. The van der Waals surface area contributed by atoms with Gasteiger partial charge in [0.25, 0.3) is 0 Å². The summed E-state index contributed by atoms with van der Waals surface area (Å²) >= 11 is 0. The second-order valence-corrected chi connectivity index (χ2v) is 0.250. The van der Waals surface area contributed by atoms with Gasteiger partial charge in [0, 0.05) is 29.6 Å². The Hall–Kier alpha value is 2.27. The van der Waals surface area contributed by atoms with Gasteiger partial charge in [-0.05, 0) is 6.16 Å². The molecule has 6 heteroatoms. The first-order valence-corrected chi connectivity index (χ1v) is 0.612. The normalized spacial score (nSPS) is 3.43. The molecule has 0 saturated heterocycles. The van der Waals surface area contributed by atoms with Gasteiger partial charge in [-0.15, -0.1) is 0 Å². The van der Waals surface area contributed by atoms with Crippen LogP contribution in [0, 0.1) is 0 Å². The number of carbonyl (C=O) groups is 1. The molecule has 0 aliphatic rings. The molecule has 0 saturated carbocycles. The monoisotopic (exact) mass is 129 g/mol. The molecule has 0 aromatic carbocycles. The number of rotatable bonds is 0. The zero-order valence-corrected chi connectivity index (χ0v) is 10.7. The van der Waals surface area contributed by atoms with E-state index in [2.05, 4.69) is 0 Å². The van der Waals surface area contributed by atoms with Crippen molar-refractivity contribution in [3.8, 4) is 0 Å². The summed E-state index contributed by atoms with van der Waals surface area (Å²) in [7, 11) is 0. The van der Waals surface area contributed by atoms with Crippen LogP contribution in [-0.4, -0.2) is 35.7 Å². The van der Waals surface area contributed by atoms with E-state index >= 15 is 0 Å². The molecule has 0 spiro atoms. The largest absolute Gasteiger partial charge is 1.00 e. The van der Waals surface area contributed by atoms with E-state index in [4.69, 9.17) is 15.0 Å².